The molecule has 0 fully saturated rings. The third-order valence-electron chi connectivity index (χ3n) is 4.53. The summed E-state index contributed by atoms with van der Waals surface area (Å²) in [5.74, 6) is -1.51. The number of nitrogens with zero attached hydrogens (tertiary/aromatic N) is 2. The number of hydrogen-bond donors (Lipinski definition) is 1. The zero-order valence-electron chi connectivity index (χ0n) is 13.2. The van der Waals surface area contributed by atoms with Gasteiger partial charge < -0.3 is 9.88 Å². The molecule has 0 spiro atoms. The predicted molar refractivity (Wildman–Crippen MR) is 89.4 cm³/mol. The number of fused-ring (bicyclic) bond motifs is 2. The quantitative estimate of drug-likeness (QED) is 0.761. The summed E-state index contributed by atoms with van der Waals surface area (Å²) in [5.41, 5.74) is 1.15. The number of H-pyrrole nitrogens is 1. The van der Waals surface area contributed by atoms with Gasteiger partial charge >= 0.3 is 0 Å². The Balaban J connectivity index is 1.79. The lowest BCUT2D eigenvalue weighted by Gasteiger charge is -2.24. The van der Waals surface area contributed by atoms with Crippen LogP contribution in [0.2, 0.25) is 0 Å². The van der Waals surface area contributed by atoms with E-state index >= 15 is 0 Å². The van der Waals surface area contributed by atoms with Crippen molar-refractivity contribution in [1.29, 1.82) is 0 Å². The molecular formula is C17H14FN3O3S. The van der Waals surface area contributed by atoms with E-state index in [0.717, 1.165) is 0 Å². The van der Waals surface area contributed by atoms with Crippen molar-refractivity contribution in [3.8, 4) is 0 Å². The monoisotopic (exact) mass is 359 g/mol. The third kappa shape index (κ3) is 2.32. The van der Waals surface area contributed by atoms with Crippen molar-refractivity contribution in [2.75, 3.05) is 12.8 Å². The molecule has 128 valence electrons. The van der Waals surface area contributed by atoms with Crippen LogP contribution in [-0.2, 0) is 9.84 Å². The van der Waals surface area contributed by atoms with Crippen LogP contribution in [0.1, 0.15) is 22.0 Å². The summed E-state index contributed by atoms with van der Waals surface area (Å²) in [4.78, 5) is 21.3. The van der Waals surface area contributed by atoms with Crippen molar-refractivity contribution in [3.05, 3.63) is 59.7 Å². The molecule has 6 nitrogen and oxygen atoms in total. The molecule has 1 atom stereocenters. The van der Waals surface area contributed by atoms with E-state index in [0.29, 0.717) is 11.1 Å². The molecule has 0 saturated carbocycles. The van der Waals surface area contributed by atoms with Gasteiger partial charge in [0, 0.05) is 7.05 Å². The van der Waals surface area contributed by atoms with Gasteiger partial charge in [-0.25, -0.2) is 17.8 Å². The number of carbonyl (C=O) groups excluding carboxylic acids is 1. The number of halogens is 1. The molecule has 2 heterocycles. The van der Waals surface area contributed by atoms with Crippen LogP contribution in [0.3, 0.4) is 0 Å². The minimum Gasteiger partial charge on any atom is -0.345 e. The highest BCUT2D eigenvalue weighted by Crippen LogP contribution is 2.37. The van der Waals surface area contributed by atoms with Crippen LogP contribution in [0, 0.1) is 5.82 Å². The maximum absolute atomic E-state index is 14.3. The van der Waals surface area contributed by atoms with Crippen LogP contribution < -0.4 is 0 Å². The summed E-state index contributed by atoms with van der Waals surface area (Å²) < 4.78 is 39.0. The molecule has 0 bridgehead atoms. The van der Waals surface area contributed by atoms with E-state index in [-0.39, 0.29) is 21.7 Å². The maximum Gasteiger partial charge on any atom is 0.259 e. The molecule has 1 aliphatic heterocycles. The minimum absolute atomic E-state index is 0.164. The van der Waals surface area contributed by atoms with Gasteiger partial charge in [-0.05, 0) is 23.8 Å². The number of sulfone groups is 1. The van der Waals surface area contributed by atoms with Gasteiger partial charge in [-0.1, -0.05) is 18.2 Å². The van der Waals surface area contributed by atoms with E-state index in [1.165, 1.54) is 36.5 Å². The van der Waals surface area contributed by atoms with E-state index in [9.17, 15) is 17.6 Å². The Hall–Kier alpha value is -2.74. The van der Waals surface area contributed by atoms with E-state index in [2.05, 4.69) is 9.97 Å². The molecule has 0 saturated heterocycles. The fourth-order valence-electron chi connectivity index (χ4n) is 3.25. The fourth-order valence-corrected chi connectivity index (χ4v) is 5.10. The van der Waals surface area contributed by atoms with E-state index in [1.54, 1.807) is 18.2 Å². The van der Waals surface area contributed by atoms with Gasteiger partial charge in [0.1, 0.15) is 16.9 Å². The number of hydrogen-bond acceptors (Lipinski definition) is 4. The average Bonchev–Trinajstić information content (AvgIpc) is 3.16. The van der Waals surface area contributed by atoms with Crippen LogP contribution in [0.5, 0.6) is 0 Å². The molecule has 4 rings (SSSR count). The van der Waals surface area contributed by atoms with Crippen molar-refractivity contribution < 1.29 is 17.6 Å². The van der Waals surface area contributed by atoms with Gasteiger partial charge in [0.2, 0.25) is 0 Å². The summed E-state index contributed by atoms with van der Waals surface area (Å²) in [5, 5.41) is 0. The fraction of sp³-hybridized carbons (Fsp3) is 0.176. The average molecular weight is 359 g/mol. The van der Waals surface area contributed by atoms with Crippen molar-refractivity contribution in [2.24, 2.45) is 0 Å². The van der Waals surface area contributed by atoms with E-state index in [4.69, 9.17) is 0 Å². The molecule has 0 radical (unpaired) electrons. The van der Waals surface area contributed by atoms with Gasteiger partial charge in [-0.15, -0.1) is 0 Å². The molecule has 0 aliphatic carbocycles. The van der Waals surface area contributed by atoms with Crippen molar-refractivity contribution >= 4 is 26.8 Å². The zero-order valence-corrected chi connectivity index (χ0v) is 14.0. The second-order valence-electron chi connectivity index (χ2n) is 5.97. The Morgan fingerprint density at radius 1 is 1.28 bits per heavy atom. The summed E-state index contributed by atoms with van der Waals surface area (Å²) in [6.45, 7) is 0. The van der Waals surface area contributed by atoms with E-state index in [1.807, 2.05) is 0 Å². The highest BCUT2D eigenvalue weighted by molar-refractivity contribution is 7.91. The van der Waals surface area contributed by atoms with Gasteiger partial charge in [-0.2, -0.15) is 0 Å². The van der Waals surface area contributed by atoms with Gasteiger partial charge in [0.15, 0.2) is 9.84 Å². The number of imidazole rings is 1. The Kier molecular flexibility index (Phi) is 3.40. The first-order chi connectivity index (χ1) is 11.9. The molecule has 1 aliphatic rings. The highest BCUT2D eigenvalue weighted by atomic mass is 32.2. The normalized spacial score (nSPS) is 18.2. The van der Waals surface area contributed by atoms with Crippen molar-refractivity contribution in [2.45, 2.75) is 10.9 Å². The Morgan fingerprint density at radius 2 is 2.04 bits per heavy atom. The largest absolute Gasteiger partial charge is 0.345 e. The second kappa shape index (κ2) is 5.38. The number of carbonyl (C=O) groups is 1. The summed E-state index contributed by atoms with van der Waals surface area (Å²) in [6, 6.07) is 8.61. The molecule has 8 heteroatoms. The number of amides is 1. The SMILES string of the molecule is CN(C(=O)c1c(F)ccc2[nH]cnc12)C1CS(=O)(=O)c2ccccc21. The standard InChI is InChI=1S/C17H14FN3O3S/c1-21(13-8-25(23,24)14-5-3-2-4-10(13)14)17(22)15-11(18)6-7-12-16(15)20-9-19-12/h2-7,9,13H,8H2,1H3,(H,19,20). The molecule has 25 heavy (non-hydrogen) atoms. The number of aromatic nitrogens is 2. The van der Waals surface area contributed by atoms with Gasteiger partial charge in [0.25, 0.3) is 5.91 Å². The summed E-state index contributed by atoms with van der Waals surface area (Å²) in [7, 11) is -1.99. The smallest absolute Gasteiger partial charge is 0.259 e. The third-order valence-corrected chi connectivity index (χ3v) is 6.33. The predicted octanol–water partition coefficient (Wildman–Crippen LogP) is 2.30. The van der Waals surface area contributed by atoms with Crippen LogP contribution in [0.25, 0.3) is 11.0 Å². The molecule has 1 unspecified atom stereocenters. The number of benzene rings is 2. The molecule has 3 aromatic rings. The van der Waals surface area contributed by atoms with Gasteiger partial charge in [0.05, 0.1) is 28.5 Å². The first-order valence-electron chi connectivity index (χ1n) is 7.60. The lowest BCUT2D eigenvalue weighted by Crippen LogP contribution is -2.33. The zero-order chi connectivity index (χ0) is 17.8. The van der Waals surface area contributed by atoms with Crippen LogP contribution in [0.4, 0.5) is 4.39 Å². The number of nitrogens with one attached hydrogen (secondary N) is 1. The van der Waals surface area contributed by atoms with Crippen molar-refractivity contribution in [1.82, 2.24) is 14.9 Å². The summed E-state index contributed by atoms with van der Waals surface area (Å²) >= 11 is 0. The minimum atomic E-state index is -3.47. The lowest BCUT2D eigenvalue weighted by atomic mass is 10.1. The second-order valence-corrected chi connectivity index (χ2v) is 7.97. The molecule has 2 aromatic carbocycles. The molecule has 1 aromatic heterocycles. The molecule has 1 amide bonds. The maximum atomic E-state index is 14.3. The van der Waals surface area contributed by atoms with Crippen molar-refractivity contribution in [3.63, 3.8) is 0 Å². The number of aromatic amines is 1. The van der Waals surface area contributed by atoms with Crippen LogP contribution in [0.15, 0.2) is 47.6 Å². The summed E-state index contributed by atoms with van der Waals surface area (Å²) in [6.07, 6.45) is 1.39. The molecular weight excluding hydrogens is 345 g/mol. The topological polar surface area (TPSA) is 83.1 Å². The van der Waals surface area contributed by atoms with E-state index < -0.39 is 27.6 Å². The Labute approximate surface area is 143 Å². The van der Waals surface area contributed by atoms with Crippen LogP contribution in [-0.4, -0.2) is 42.0 Å². The number of rotatable bonds is 2. The lowest BCUT2D eigenvalue weighted by molar-refractivity contribution is 0.0743. The van der Waals surface area contributed by atoms with Gasteiger partial charge in [-0.3, -0.25) is 4.79 Å². The Morgan fingerprint density at radius 3 is 2.84 bits per heavy atom. The van der Waals surface area contributed by atoms with Crippen LogP contribution >= 0.6 is 0 Å². The first-order valence-corrected chi connectivity index (χ1v) is 9.26. The highest BCUT2D eigenvalue weighted by Gasteiger charge is 2.39. The molecule has 1 N–H and O–H groups in total. The first kappa shape index (κ1) is 15.8. The Bertz CT molecular complexity index is 1110.